The predicted molar refractivity (Wildman–Crippen MR) is 97.3 cm³/mol. The van der Waals surface area contributed by atoms with Crippen molar-refractivity contribution in [2.45, 2.75) is 65.7 Å². The minimum Gasteiger partial charge on any atom is -0.462 e. The van der Waals surface area contributed by atoms with Crippen LogP contribution in [0.15, 0.2) is 0 Å². The largest absolute Gasteiger partial charge is 0.462 e. The summed E-state index contributed by atoms with van der Waals surface area (Å²) in [6.07, 6.45) is 7.28. The number of rotatable bonds is 8. The smallest absolute Gasteiger partial charge is 0.340 e. The van der Waals surface area contributed by atoms with E-state index in [9.17, 15) is 14.4 Å². The van der Waals surface area contributed by atoms with Crippen LogP contribution in [0.25, 0.3) is 0 Å². The van der Waals surface area contributed by atoms with Crippen LogP contribution in [0.4, 0.5) is 0 Å². The summed E-state index contributed by atoms with van der Waals surface area (Å²) in [5.41, 5.74) is 1.63. The maximum absolute atomic E-state index is 12.5. The quantitative estimate of drug-likeness (QED) is 0.559. The maximum atomic E-state index is 12.5. The van der Waals surface area contributed by atoms with E-state index in [0.717, 1.165) is 6.42 Å². The number of nitrogens with one attached hydrogen (secondary N) is 1. The van der Waals surface area contributed by atoms with Crippen LogP contribution < -0.4 is 0 Å². The topological polar surface area (TPSA) is 85.5 Å². The summed E-state index contributed by atoms with van der Waals surface area (Å²) in [6.45, 7) is 5.02. The van der Waals surface area contributed by atoms with Gasteiger partial charge in [-0.05, 0) is 33.1 Å². The maximum Gasteiger partial charge on any atom is 0.340 e. The highest BCUT2D eigenvalue weighted by Crippen LogP contribution is 2.27. The van der Waals surface area contributed by atoms with E-state index < -0.39 is 5.97 Å². The van der Waals surface area contributed by atoms with E-state index in [1.165, 1.54) is 32.1 Å². The molecule has 0 unspecified atom stereocenters. The molecule has 0 radical (unpaired) electrons. The highest BCUT2D eigenvalue weighted by molar-refractivity contribution is 6.09. The fourth-order valence-corrected chi connectivity index (χ4v) is 3.68. The Balaban J connectivity index is 1.91. The Kier molecular flexibility index (Phi) is 7.42. The van der Waals surface area contributed by atoms with Gasteiger partial charge in [0.05, 0.1) is 17.7 Å². The summed E-state index contributed by atoms with van der Waals surface area (Å²) in [6, 6.07) is 0. The molecule has 0 atom stereocenters. The molecule has 0 aliphatic heterocycles. The molecule has 2 rings (SSSR count). The van der Waals surface area contributed by atoms with Crippen molar-refractivity contribution in [3.8, 4) is 0 Å². The molecule has 26 heavy (non-hydrogen) atoms. The zero-order valence-electron chi connectivity index (χ0n) is 16.0. The Labute approximate surface area is 154 Å². The molecule has 1 fully saturated rings. The molecule has 0 bridgehead atoms. The number of carbonyl (C=O) groups is 3. The molecule has 1 aromatic heterocycles. The number of ether oxygens (including phenoxy) is 2. The second kappa shape index (κ2) is 9.55. The Bertz CT molecular complexity index is 655. The summed E-state index contributed by atoms with van der Waals surface area (Å²) in [5, 5.41) is 0. The number of aryl methyl sites for hydroxylation is 2. The molecule has 0 spiro atoms. The van der Waals surface area contributed by atoms with E-state index in [-0.39, 0.29) is 36.1 Å². The average molecular weight is 363 g/mol. The van der Waals surface area contributed by atoms with Crippen LogP contribution in [0, 0.1) is 19.8 Å². The molecule has 0 amide bonds. The standard InChI is InChI=1S/C20H29NO5/c1-4-25-20(24)19-14(3)21-13(2)18(19)16(22)12-26-17(23)11-10-15-8-6-5-7-9-15/h15,21H,4-12H2,1-3H3. The Morgan fingerprint density at radius 3 is 2.31 bits per heavy atom. The highest BCUT2D eigenvalue weighted by Gasteiger charge is 2.26. The van der Waals surface area contributed by atoms with Crippen LogP contribution in [0.1, 0.15) is 84.0 Å². The SMILES string of the molecule is CCOC(=O)c1c(C)[nH]c(C)c1C(=O)COC(=O)CCC1CCCCC1. The number of hydrogen-bond donors (Lipinski definition) is 1. The lowest BCUT2D eigenvalue weighted by molar-refractivity contribution is -0.142. The van der Waals surface area contributed by atoms with Gasteiger partial charge in [-0.15, -0.1) is 0 Å². The van der Waals surface area contributed by atoms with Crippen molar-refractivity contribution in [2.24, 2.45) is 5.92 Å². The number of hydrogen-bond acceptors (Lipinski definition) is 5. The summed E-state index contributed by atoms with van der Waals surface area (Å²) >= 11 is 0. The first-order valence-electron chi connectivity index (χ1n) is 9.49. The van der Waals surface area contributed by atoms with Gasteiger partial charge in [-0.25, -0.2) is 4.79 Å². The first kappa shape index (κ1) is 20.2. The highest BCUT2D eigenvalue weighted by atomic mass is 16.5. The number of carbonyl (C=O) groups excluding carboxylic acids is 3. The minimum absolute atomic E-state index is 0.228. The van der Waals surface area contributed by atoms with Crippen molar-refractivity contribution in [3.63, 3.8) is 0 Å². The van der Waals surface area contributed by atoms with Crippen molar-refractivity contribution in [2.75, 3.05) is 13.2 Å². The van der Waals surface area contributed by atoms with Gasteiger partial charge in [0.15, 0.2) is 6.61 Å². The van der Waals surface area contributed by atoms with Gasteiger partial charge >= 0.3 is 11.9 Å². The number of ketones is 1. The molecule has 1 aliphatic rings. The van der Waals surface area contributed by atoms with Gasteiger partial charge in [-0.3, -0.25) is 9.59 Å². The van der Waals surface area contributed by atoms with Gasteiger partial charge in [0.2, 0.25) is 5.78 Å². The summed E-state index contributed by atoms with van der Waals surface area (Å²) in [5.74, 6) is -0.689. The Hall–Kier alpha value is -2.11. The minimum atomic E-state index is -0.540. The molecular weight excluding hydrogens is 334 g/mol. The predicted octanol–water partition coefficient (Wildman–Crippen LogP) is 3.89. The first-order valence-corrected chi connectivity index (χ1v) is 9.49. The molecule has 0 aromatic carbocycles. The van der Waals surface area contributed by atoms with E-state index in [4.69, 9.17) is 9.47 Å². The number of aromatic amines is 1. The van der Waals surface area contributed by atoms with E-state index in [1.807, 2.05) is 0 Å². The van der Waals surface area contributed by atoms with Gasteiger partial charge in [-0.2, -0.15) is 0 Å². The van der Waals surface area contributed by atoms with Gasteiger partial charge in [0.25, 0.3) is 0 Å². The van der Waals surface area contributed by atoms with Crippen LogP contribution in [-0.4, -0.2) is 35.9 Å². The normalized spacial score (nSPS) is 14.9. The van der Waals surface area contributed by atoms with E-state index >= 15 is 0 Å². The molecular formula is C20H29NO5. The molecule has 144 valence electrons. The molecule has 1 aromatic rings. The van der Waals surface area contributed by atoms with Crippen LogP contribution in [0.2, 0.25) is 0 Å². The molecule has 1 aliphatic carbocycles. The van der Waals surface area contributed by atoms with Crippen molar-refractivity contribution in [1.82, 2.24) is 4.98 Å². The fraction of sp³-hybridized carbons (Fsp3) is 0.650. The summed E-state index contributed by atoms with van der Waals surface area (Å²) in [7, 11) is 0. The molecule has 1 heterocycles. The van der Waals surface area contributed by atoms with Crippen LogP contribution in [-0.2, 0) is 14.3 Å². The number of Topliss-reactive ketones (excluding diaryl/α,β-unsaturated/α-hetero) is 1. The van der Waals surface area contributed by atoms with Crippen LogP contribution in [0.5, 0.6) is 0 Å². The number of aromatic nitrogens is 1. The van der Waals surface area contributed by atoms with Gasteiger partial charge < -0.3 is 14.5 Å². The fourth-order valence-electron chi connectivity index (χ4n) is 3.68. The third kappa shape index (κ3) is 5.19. The molecule has 6 nitrogen and oxygen atoms in total. The molecule has 6 heteroatoms. The van der Waals surface area contributed by atoms with Crippen molar-refractivity contribution >= 4 is 17.7 Å². The van der Waals surface area contributed by atoms with Crippen molar-refractivity contribution < 1.29 is 23.9 Å². The van der Waals surface area contributed by atoms with Crippen molar-refractivity contribution in [3.05, 3.63) is 22.5 Å². The Morgan fingerprint density at radius 2 is 1.65 bits per heavy atom. The average Bonchev–Trinajstić information content (AvgIpc) is 2.93. The zero-order valence-corrected chi connectivity index (χ0v) is 16.0. The zero-order chi connectivity index (χ0) is 19.1. The summed E-state index contributed by atoms with van der Waals surface area (Å²) < 4.78 is 10.2. The monoisotopic (exact) mass is 363 g/mol. The lowest BCUT2D eigenvalue weighted by Crippen LogP contribution is -2.18. The molecule has 1 N–H and O–H groups in total. The lowest BCUT2D eigenvalue weighted by Gasteiger charge is -2.20. The third-order valence-electron chi connectivity index (χ3n) is 4.98. The lowest BCUT2D eigenvalue weighted by atomic mass is 9.86. The number of H-pyrrole nitrogens is 1. The van der Waals surface area contributed by atoms with E-state index in [2.05, 4.69) is 4.98 Å². The second-order valence-electron chi connectivity index (χ2n) is 6.97. The molecule has 0 saturated heterocycles. The van der Waals surface area contributed by atoms with Crippen molar-refractivity contribution in [1.29, 1.82) is 0 Å². The Morgan fingerprint density at radius 1 is 1.00 bits per heavy atom. The van der Waals surface area contributed by atoms with Gasteiger partial charge in [0.1, 0.15) is 0 Å². The van der Waals surface area contributed by atoms with E-state index in [1.54, 1.807) is 20.8 Å². The molecule has 1 saturated carbocycles. The summed E-state index contributed by atoms with van der Waals surface area (Å²) in [4.78, 5) is 39.6. The third-order valence-corrected chi connectivity index (χ3v) is 4.98. The van der Waals surface area contributed by atoms with Crippen LogP contribution in [0.3, 0.4) is 0 Å². The van der Waals surface area contributed by atoms with E-state index in [0.29, 0.717) is 23.7 Å². The van der Waals surface area contributed by atoms with Crippen LogP contribution >= 0.6 is 0 Å². The first-order chi connectivity index (χ1) is 12.4. The second-order valence-corrected chi connectivity index (χ2v) is 6.97. The number of esters is 2. The van der Waals surface area contributed by atoms with Gasteiger partial charge in [0, 0.05) is 17.8 Å². The van der Waals surface area contributed by atoms with Gasteiger partial charge in [-0.1, -0.05) is 32.1 Å².